The second-order valence-corrected chi connectivity index (χ2v) is 5.80. The average Bonchev–Trinajstić information content (AvgIpc) is 2.60. The number of carbonyl (C=O) groups is 2. The first-order chi connectivity index (χ1) is 12.0. The molecule has 0 fully saturated rings. The lowest BCUT2D eigenvalue weighted by Gasteiger charge is -2.11. The Morgan fingerprint density at radius 3 is 2.48 bits per heavy atom. The normalized spacial score (nSPS) is 10.6. The standard InChI is InChI=1S/C18H21FN4O2/c1-23(2)10-9-21-17(24)14-7-8-20-16(11-14)18(25)22-12-13-3-5-15(19)6-4-13/h3-8,11H,9-10,12H2,1-2H3,(H,21,24)(H,22,25). The van der Waals surface area contributed by atoms with Crippen molar-refractivity contribution in [2.24, 2.45) is 0 Å². The molecule has 1 aromatic heterocycles. The predicted octanol–water partition coefficient (Wildman–Crippen LogP) is 1.44. The van der Waals surface area contributed by atoms with Crippen LogP contribution in [-0.2, 0) is 6.54 Å². The first-order valence-corrected chi connectivity index (χ1v) is 7.87. The molecule has 2 amide bonds. The third kappa shape index (κ3) is 5.96. The second kappa shape index (κ2) is 8.89. The zero-order valence-corrected chi connectivity index (χ0v) is 14.3. The van der Waals surface area contributed by atoms with Crippen molar-refractivity contribution < 1.29 is 14.0 Å². The third-order valence-electron chi connectivity index (χ3n) is 3.47. The summed E-state index contributed by atoms with van der Waals surface area (Å²) in [4.78, 5) is 30.2. The number of amides is 2. The lowest BCUT2D eigenvalue weighted by Crippen LogP contribution is -2.31. The van der Waals surface area contributed by atoms with Crippen molar-refractivity contribution in [3.05, 3.63) is 65.2 Å². The Balaban J connectivity index is 1.93. The Kier molecular flexibility index (Phi) is 6.59. The molecule has 0 saturated carbocycles. The van der Waals surface area contributed by atoms with E-state index < -0.39 is 5.91 Å². The van der Waals surface area contributed by atoms with E-state index in [0.717, 1.165) is 12.1 Å². The minimum absolute atomic E-state index is 0.155. The molecule has 25 heavy (non-hydrogen) atoms. The molecule has 0 saturated heterocycles. The van der Waals surface area contributed by atoms with Gasteiger partial charge in [0.05, 0.1) is 0 Å². The fraction of sp³-hybridized carbons (Fsp3) is 0.278. The van der Waals surface area contributed by atoms with Crippen molar-refractivity contribution in [1.29, 1.82) is 0 Å². The van der Waals surface area contributed by atoms with Gasteiger partial charge in [0.15, 0.2) is 0 Å². The summed E-state index contributed by atoms with van der Waals surface area (Å²) < 4.78 is 12.9. The SMILES string of the molecule is CN(C)CCNC(=O)c1ccnc(C(=O)NCc2ccc(F)cc2)c1. The van der Waals surface area contributed by atoms with Crippen molar-refractivity contribution in [2.45, 2.75) is 6.54 Å². The average molecular weight is 344 g/mol. The fourth-order valence-corrected chi connectivity index (χ4v) is 2.07. The monoisotopic (exact) mass is 344 g/mol. The molecule has 132 valence electrons. The maximum atomic E-state index is 12.9. The van der Waals surface area contributed by atoms with E-state index in [0.29, 0.717) is 12.1 Å². The zero-order valence-electron chi connectivity index (χ0n) is 14.3. The Bertz CT molecular complexity index is 732. The van der Waals surface area contributed by atoms with Gasteiger partial charge in [-0.2, -0.15) is 0 Å². The molecule has 7 heteroatoms. The Hall–Kier alpha value is -2.80. The van der Waals surface area contributed by atoms with Gasteiger partial charge in [-0.15, -0.1) is 0 Å². The summed E-state index contributed by atoms with van der Waals surface area (Å²) in [6, 6.07) is 8.86. The van der Waals surface area contributed by atoms with E-state index in [9.17, 15) is 14.0 Å². The van der Waals surface area contributed by atoms with Gasteiger partial charge in [-0.1, -0.05) is 12.1 Å². The Labute approximate surface area is 146 Å². The number of aromatic nitrogens is 1. The zero-order chi connectivity index (χ0) is 18.2. The van der Waals surface area contributed by atoms with Crippen molar-refractivity contribution in [3.63, 3.8) is 0 Å². The van der Waals surface area contributed by atoms with E-state index in [1.807, 2.05) is 19.0 Å². The number of nitrogens with zero attached hydrogens (tertiary/aromatic N) is 2. The number of hydrogen-bond donors (Lipinski definition) is 2. The van der Waals surface area contributed by atoms with Crippen LogP contribution in [-0.4, -0.2) is 48.9 Å². The number of hydrogen-bond acceptors (Lipinski definition) is 4. The van der Waals surface area contributed by atoms with Gasteiger partial charge in [0.25, 0.3) is 11.8 Å². The minimum Gasteiger partial charge on any atom is -0.351 e. The molecule has 2 rings (SSSR count). The van der Waals surface area contributed by atoms with Crippen LogP contribution < -0.4 is 10.6 Å². The molecule has 0 radical (unpaired) electrons. The summed E-state index contributed by atoms with van der Waals surface area (Å²) in [5.41, 5.74) is 1.30. The van der Waals surface area contributed by atoms with Gasteiger partial charge >= 0.3 is 0 Å². The van der Waals surface area contributed by atoms with Crippen LogP contribution >= 0.6 is 0 Å². The molecular formula is C18H21FN4O2. The van der Waals surface area contributed by atoms with E-state index >= 15 is 0 Å². The highest BCUT2D eigenvalue weighted by atomic mass is 19.1. The fourth-order valence-electron chi connectivity index (χ4n) is 2.07. The minimum atomic E-state index is -0.396. The second-order valence-electron chi connectivity index (χ2n) is 5.80. The number of rotatable bonds is 7. The molecule has 1 aromatic carbocycles. The quantitative estimate of drug-likeness (QED) is 0.797. The van der Waals surface area contributed by atoms with Crippen LogP contribution in [0.5, 0.6) is 0 Å². The molecule has 2 aromatic rings. The van der Waals surface area contributed by atoms with Gasteiger partial charge in [0, 0.05) is 31.4 Å². The molecule has 0 aliphatic heterocycles. The van der Waals surface area contributed by atoms with Crippen molar-refractivity contribution in [1.82, 2.24) is 20.5 Å². The van der Waals surface area contributed by atoms with Gasteiger partial charge < -0.3 is 15.5 Å². The van der Waals surface area contributed by atoms with E-state index in [-0.39, 0.29) is 24.0 Å². The summed E-state index contributed by atoms with van der Waals surface area (Å²) in [6.07, 6.45) is 1.42. The predicted molar refractivity (Wildman–Crippen MR) is 92.7 cm³/mol. The number of carbonyl (C=O) groups excluding carboxylic acids is 2. The van der Waals surface area contributed by atoms with Crippen LogP contribution in [0.1, 0.15) is 26.4 Å². The van der Waals surface area contributed by atoms with Crippen LogP contribution in [0.25, 0.3) is 0 Å². The van der Waals surface area contributed by atoms with Crippen molar-refractivity contribution in [2.75, 3.05) is 27.2 Å². The largest absolute Gasteiger partial charge is 0.351 e. The van der Waals surface area contributed by atoms with Crippen LogP contribution in [0.3, 0.4) is 0 Å². The number of benzene rings is 1. The molecule has 0 bridgehead atoms. The van der Waals surface area contributed by atoms with Crippen molar-refractivity contribution in [3.8, 4) is 0 Å². The van der Waals surface area contributed by atoms with Gasteiger partial charge in [-0.3, -0.25) is 14.6 Å². The molecular weight excluding hydrogens is 323 g/mol. The molecule has 0 unspecified atom stereocenters. The molecule has 1 heterocycles. The van der Waals surface area contributed by atoms with E-state index in [2.05, 4.69) is 15.6 Å². The molecule has 2 N–H and O–H groups in total. The lowest BCUT2D eigenvalue weighted by atomic mass is 10.2. The molecule has 0 aliphatic rings. The van der Waals surface area contributed by atoms with Crippen molar-refractivity contribution >= 4 is 11.8 Å². The maximum Gasteiger partial charge on any atom is 0.270 e. The van der Waals surface area contributed by atoms with Crippen LogP contribution in [0.15, 0.2) is 42.6 Å². The smallest absolute Gasteiger partial charge is 0.270 e. The van der Waals surface area contributed by atoms with E-state index in [1.165, 1.54) is 24.4 Å². The lowest BCUT2D eigenvalue weighted by molar-refractivity contribution is 0.0946. The topological polar surface area (TPSA) is 74.3 Å². The number of pyridine rings is 1. The van der Waals surface area contributed by atoms with Crippen LogP contribution in [0, 0.1) is 5.82 Å². The third-order valence-corrected chi connectivity index (χ3v) is 3.47. The molecule has 0 atom stereocenters. The van der Waals surface area contributed by atoms with Gasteiger partial charge in [0.2, 0.25) is 0 Å². The molecule has 0 aliphatic carbocycles. The summed E-state index contributed by atoms with van der Waals surface area (Å²) in [5.74, 6) is -0.978. The van der Waals surface area contributed by atoms with Gasteiger partial charge in [-0.05, 0) is 43.9 Å². The highest BCUT2D eigenvalue weighted by Crippen LogP contribution is 2.05. The van der Waals surface area contributed by atoms with E-state index in [4.69, 9.17) is 0 Å². The molecule has 6 nitrogen and oxygen atoms in total. The highest BCUT2D eigenvalue weighted by molar-refractivity contribution is 5.98. The first kappa shape index (κ1) is 18.5. The first-order valence-electron chi connectivity index (χ1n) is 7.87. The Morgan fingerprint density at radius 2 is 1.80 bits per heavy atom. The van der Waals surface area contributed by atoms with Crippen LogP contribution in [0.4, 0.5) is 4.39 Å². The molecule has 0 spiro atoms. The summed E-state index contributed by atoms with van der Waals surface area (Å²) in [5, 5.41) is 5.48. The maximum absolute atomic E-state index is 12.9. The van der Waals surface area contributed by atoms with Gasteiger partial charge in [-0.25, -0.2) is 4.39 Å². The number of halogens is 1. The Morgan fingerprint density at radius 1 is 1.08 bits per heavy atom. The van der Waals surface area contributed by atoms with Gasteiger partial charge in [0.1, 0.15) is 11.5 Å². The van der Waals surface area contributed by atoms with E-state index in [1.54, 1.807) is 18.2 Å². The number of likely N-dealkylation sites (N-methyl/N-ethyl adjacent to an activating group) is 1. The summed E-state index contributed by atoms with van der Waals surface area (Å²) >= 11 is 0. The van der Waals surface area contributed by atoms with Crippen LogP contribution in [0.2, 0.25) is 0 Å². The summed E-state index contributed by atoms with van der Waals surface area (Å²) in [6.45, 7) is 1.49. The number of nitrogens with one attached hydrogen (secondary N) is 2. The highest BCUT2D eigenvalue weighted by Gasteiger charge is 2.11. The summed E-state index contributed by atoms with van der Waals surface area (Å²) in [7, 11) is 3.84.